The summed E-state index contributed by atoms with van der Waals surface area (Å²) >= 11 is 1.55. The molecule has 1 amide bonds. The van der Waals surface area contributed by atoms with Crippen LogP contribution in [0.4, 0.5) is 10.8 Å². The molecule has 0 atom stereocenters. The summed E-state index contributed by atoms with van der Waals surface area (Å²) in [5.41, 5.74) is 0.786. The van der Waals surface area contributed by atoms with Gasteiger partial charge in [-0.1, -0.05) is 11.3 Å². The molecule has 0 unspecified atom stereocenters. The van der Waals surface area contributed by atoms with Crippen molar-refractivity contribution in [1.29, 1.82) is 0 Å². The van der Waals surface area contributed by atoms with Crippen molar-refractivity contribution in [3.63, 3.8) is 0 Å². The van der Waals surface area contributed by atoms with Crippen molar-refractivity contribution in [3.05, 3.63) is 51.0 Å². The Hall–Kier alpha value is -2.81. The first-order valence-corrected chi connectivity index (χ1v) is 8.61. The smallest absolute Gasteiger partial charge is 0.269 e. The van der Waals surface area contributed by atoms with Gasteiger partial charge in [0.15, 0.2) is 0 Å². The number of carbonyl (C=O) groups is 1. The van der Waals surface area contributed by atoms with Gasteiger partial charge in [-0.2, -0.15) is 0 Å². The van der Waals surface area contributed by atoms with E-state index >= 15 is 0 Å². The molecule has 1 fully saturated rings. The molecular formula is C16H17N5O3S. The predicted octanol–water partition coefficient (Wildman–Crippen LogP) is 2.12. The van der Waals surface area contributed by atoms with Crippen molar-refractivity contribution >= 4 is 34.1 Å². The second-order valence-electron chi connectivity index (χ2n) is 5.60. The van der Waals surface area contributed by atoms with E-state index < -0.39 is 4.92 Å². The topological polar surface area (TPSA) is 92.5 Å². The predicted molar refractivity (Wildman–Crippen MR) is 95.6 cm³/mol. The number of benzene rings is 1. The van der Waals surface area contributed by atoms with Gasteiger partial charge in [0.2, 0.25) is 11.0 Å². The highest BCUT2D eigenvalue weighted by molar-refractivity contribution is 7.15. The molecule has 25 heavy (non-hydrogen) atoms. The van der Waals surface area contributed by atoms with Crippen LogP contribution in [-0.4, -0.2) is 52.1 Å². The molecule has 9 heteroatoms. The molecule has 8 nitrogen and oxygen atoms in total. The molecule has 3 rings (SSSR count). The molecule has 1 aromatic carbocycles. The summed E-state index contributed by atoms with van der Waals surface area (Å²) in [6.45, 7) is 4.63. The zero-order chi connectivity index (χ0) is 17.8. The number of aromatic nitrogens is 2. The van der Waals surface area contributed by atoms with E-state index in [1.165, 1.54) is 18.2 Å². The van der Waals surface area contributed by atoms with Gasteiger partial charge in [-0.05, 0) is 30.7 Å². The monoisotopic (exact) mass is 359 g/mol. The summed E-state index contributed by atoms with van der Waals surface area (Å²) in [4.78, 5) is 26.4. The van der Waals surface area contributed by atoms with Crippen LogP contribution < -0.4 is 4.90 Å². The molecule has 0 aliphatic carbocycles. The quantitative estimate of drug-likeness (QED) is 0.472. The molecule has 1 aliphatic rings. The van der Waals surface area contributed by atoms with Crippen molar-refractivity contribution in [3.8, 4) is 0 Å². The maximum atomic E-state index is 12.3. The Balaban J connectivity index is 1.54. The van der Waals surface area contributed by atoms with Gasteiger partial charge >= 0.3 is 0 Å². The minimum absolute atomic E-state index is 0.0338. The van der Waals surface area contributed by atoms with Gasteiger partial charge in [-0.25, -0.2) is 0 Å². The molecule has 130 valence electrons. The normalized spacial score (nSPS) is 14.9. The van der Waals surface area contributed by atoms with E-state index in [9.17, 15) is 14.9 Å². The summed E-state index contributed by atoms with van der Waals surface area (Å²) in [5, 5.41) is 20.6. The number of anilines is 1. The number of non-ortho nitro benzene ring substituents is 1. The Morgan fingerprint density at radius 1 is 1.20 bits per heavy atom. The van der Waals surface area contributed by atoms with Gasteiger partial charge in [0, 0.05) is 44.4 Å². The van der Waals surface area contributed by atoms with Crippen molar-refractivity contribution < 1.29 is 9.72 Å². The molecule has 0 N–H and O–H groups in total. The molecule has 0 spiro atoms. The standard InChI is InChI=1S/C16H17N5O3S/c1-12-17-18-16(25-12)20-10-8-19(9-11-20)15(22)7-4-13-2-5-14(6-3-13)21(23)24/h2-7H,8-11H2,1H3/b7-4+. The number of piperazine rings is 1. The molecule has 0 radical (unpaired) electrons. The van der Waals surface area contributed by atoms with Crippen molar-refractivity contribution in [2.45, 2.75) is 6.92 Å². The van der Waals surface area contributed by atoms with E-state index in [-0.39, 0.29) is 11.6 Å². The largest absolute Gasteiger partial charge is 0.343 e. The van der Waals surface area contributed by atoms with Crippen LogP contribution in [0.2, 0.25) is 0 Å². The Morgan fingerprint density at radius 2 is 1.88 bits per heavy atom. The van der Waals surface area contributed by atoms with Gasteiger partial charge in [-0.15, -0.1) is 10.2 Å². The van der Waals surface area contributed by atoms with E-state index in [0.717, 1.165) is 28.8 Å². The van der Waals surface area contributed by atoms with E-state index in [1.54, 1.807) is 34.4 Å². The Bertz CT molecular complexity index is 794. The van der Waals surface area contributed by atoms with Gasteiger partial charge in [-0.3, -0.25) is 14.9 Å². The number of rotatable bonds is 4. The van der Waals surface area contributed by atoms with Gasteiger partial charge in [0.1, 0.15) is 5.01 Å². The zero-order valence-corrected chi connectivity index (χ0v) is 14.5. The van der Waals surface area contributed by atoms with Crippen LogP contribution in [0, 0.1) is 17.0 Å². The first-order chi connectivity index (χ1) is 12.0. The lowest BCUT2D eigenvalue weighted by atomic mass is 10.2. The van der Waals surface area contributed by atoms with Gasteiger partial charge < -0.3 is 9.80 Å². The van der Waals surface area contributed by atoms with E-state index in [0.29, 0.717) is 13.1 Å². The Labute approximate surface area is 148 Å². The average molecular weight is 359 g/mol. The Kier molecular flexibility index (Phi) is 5.03. The number of nitrogens with zero attached hydrogens (tertiary/aromatic N) is 5. The fourth-order valence-corrected chi connectivity index (χ4v) is 3.25. The highest BCUT2D eigenvalue weighted by atomic mass is 32.1. The lowest BCUT2D eigenvalue weighted by molar-refractivity contribution is -0.384. The minimum atomic E-state index is -0.447. The first-order valence-electron chi connectivity index (χ1n) is 7.79. The zero-order valence-electron chi connectivity index (χ0n) is 13.7. The second-order valence-corrected chi connectivity index (χ2v) is 6.76. The van der Waals surface area contributed by atoms with Crippen LogP contribution in [-0.2, 0) is 4.79 Å². The summed E-state index contributed by atoms with van der Waals surface area (Å²) in [6, 6.07) is 6.09. The van der Waals surface area contributed by atoms with Gasteiger partial charge in [0.05, 0.1) is 4.92 Å². The molecule has 0 saturated carbocycles. The number of aryl methyl sites for hydroxylation is 1. The molecule has 1 aromatic heterocycles. The lowest BCUT2D eigenvalue weighted by Crippen LogP contribution is -2.48. The van der Waals surface area contributed by atoms with Crippen molar-refractivity contribution in [2.24, 2.45) is 0 Å². The highest BCUT2D eigenvalue weighted by Gasteiger charge is 2.21. The summed E-state index contributed by atoms with van der Waals surface area (Å²) in [6.07, 6.45) is 3.18. The van der Waals surface area contributed by atoms with Gasteiger partial charge in [0.25, 0.3) is 5.69 Å². The summed E-state index contributed by atoms with van der Waals surface area (Å²) < 4.78 is 0. The van der Waals surface area contributed by atoms with Crippen LogP contribution in [0.3, 0.4) is 0 Å². The average Bonchev–Trinajstić information content (AvgIpc) is 3.06. The molecule has 2 heterocycles. The summed E-state index contributed by atoms with van der Waals surface area (Å²) in [7, 11) is 0. The number of amides is 1. The summed E-state index contributed by atoms with van der Waals surface area (Å²) in [5.74, 6) is -0.0635. The third-order valence-corrected chi connectivity index (χ3v) is 4.80. The molecule has 1 saturated heterocycles. The first kappa shape index (κ1) is 17.0. The maximum Gasteiger partial charge on any atom is 0.269 e. The molecule has 2 aromatic rings. The number of carbonyl (C=O) groups excluding carboxylic acids is 1. The SMILES string of the molecule is Cc1nnc(N2CCN(C(=O)/C=C/c3ccc([N+](=O)[O-])cc3)CC2)s1. The second kappa shape index (κ2) is 7.39. The van der Waals surface area contributed by atoms with Crippen LogP contribution in [0.15, 0.2) is 30.3 Å². The van der Waals surface area contributed by atoms with Crippen LogP contribution in [0.25, 0.3) is 6.08 Å². The molecular weight excluding hydrogens is 342 g/mol. The highest BCUT2D eigenvalue weighted by Crippen LogP contribution is 2.21. The molecule has 1 aliphatic heterocycles. The third kappa shape index (κ3) is 4.18. The van der Waals surface area contributed by atoms with Crippen LogP contribution in [0.1, 0.15) is 10.6 Å². The maximum absolute atomic E-state index is 12.3. The number of nitro benzene ring substituents is 1. The van der Waals surface area contributed by atoms with Crippen molar-refractivity contribution in [2.75, 3.05) is 31.1 Å². The van der Waals surface area contributed by atoms with Crippen LogP contribution >= 0.6 is 11.3 Å². The fourth-order valence-electron chi connectivity index (χ4n) is 2.51. The lowest BCUT2D eigenvalue weighted by Gasteiger charge is -2.33. The number of hydrogen-bond acceptors (Lipinski definition) is 7. The number of hydrogen-bond donors (Lipinski definition) is 0. The third-order valence-electron chi connectivity index (χ3n) is 3.90. The van der Waals surface area contributed by atoms with E-state index in [1.807, 2.05) is 6.92 Å². The van der Waals surface area contributed by atoms with Crippen LogP contribution in [0.5, 0.6) is 0 Å². The van der Waals surface area contributed by atoms with Crippen molar-refractivity contribution in [1.82, 2.24) is 15.1 Å². The minimum Gasteiger partial charge on any atom is -0.343 e. The number of nitro groups is 1. The Morgan fingerprint density at radius 3 is 2.44 bits per heavy atom. The van der Waals surface area contributed by atoms with E-state index in [4.69, 9.17) is 0 Å². The fraction of sp³-hybridized carbons (Fsp3) is 0.312. The van der Waals surface area contributed by atoms with E-state index in [2.05, 4.69) is 15.1 Å². The molecule has 0 bridgehead atoms.